The molecule has 2 N–H and O–H groups in total. The average Bonchev–Trinajstić information content (AvgIpc) is 2.78. The molecule has 0 aliphatic heterocycles. The maximum absolute atomic E-state index is 12.9. The molecule has 1 amide bonds. The number of carboxylic acids is 1. The van der Waals surface area contributed by atoms with Crippen LogP contribution < -0.4 is 5.32 Å². The van der Waals surface area contributed by atoms with Crippen LogP contribution in [0.2, 0.25) is 0 Å². The third kappa shape index (κ3) is 5.99. The molecular weight excluding hydrogens is 396 g/mol. The fourth-order valence-electron chi connectivity index (χ4n) is 3.52. The van der Waals surface area contributed by atoms with Crippen molar-refractivity contribution in [2.75, 3.05) is 0 Å². The molecule has 0 aliphatic rings. The van der Waals surface area contributed by atoms with Crippen LogP contribution in [0.15, 0.2) is 84.9 Å². The zero-order chi connectivity index (χ0) is 22.2. The average molecular weight is 418 g/mol. The molecule has 0 bridgehead atoms. The van der Waals surface area contributed by atoms with Crippen molar-refractivity contribution in [2.24, 2.45) is 0 Å². The van der Waals surface area contributed by atoms with E-state index in [1.165, 1.54) is 18.2 Å². The summed E-state index contributed by atoms with van der Waals surface area (Å²) in [7, 11) is 0. The Kier molecular flexibility index (Phi) is 7.11. The molecule has 3 aromatic carbocycles. The van der Waals surface area contributed by atoms with E-state index in [2.05, 4.69) is 5.32 Å². The minimum Gasteiger partial charge on any atom is -0.481 e. The molecule has 0 unspecified atom stereocenters. The quantitative estimate of drug-likeness (QED) is 0.394. The molecule has 0 radical (unpaired) electrons. The van der Waals surface area contributed by atoms with Gasteiger partial charge in [0.25, 0.3) is 5.69 Å². The summed E-state index contributed by atoms with van der Waals surface area (Å²) in [5.74, 6) is -1.66. The predicted octanol–water partition coefficient (Wildman–Crippen LogP) is 4.45. The summed E-state index contributed by atoms with van der Waals surface area (Å²) in [6.07, 6.45) is -0.271. The van der Waals surface area contributed by atoms with Crippen molar-refractivity contribution in [1.82, 2.24) is 5.32 Å². The zero-order valence-corrected chi connectivity index (χ0v) is 16.7. The van der Waals surface area contributed by atoms with E-state index in [9.17, 15) is 24.8 Å². The SMILES string of the molecule is O=C(O)C[C@H](NC(=O)CC(c1ccccc1)c1ccccc1)c1cccc([N+](=O)[O-])c1. The standard InChI is InChI=1S/C24H22N2O5/c27-23(15-21(17-8-3-1-4-9-17)18-10-5-2-6-11-18)25-22(16-24(28)29)19-12-7-13-20(14-19)26(30)31/h1-14,21-22H,15-16H2,(H,25,27)(H,28,29)/t22-/m0/s1. The predicted molar refractivity (Wildman–Crippen MR) is 116 cm³/mol. The van der Waals surface area contributed by atoms with Gasteiger partial charge in [-0.05, 0) is 16.7 Å². The van der Waals surface area contributed by atoms with Crippen LogP contribution in [0.5, 0.6) is 0 Å². The molecule has 31 heavy (non-hydrogen) atoms. The van der Waals surface area contributed by atoms with Gasteiger partial charge in [0.15, 0.2) is 0 Å². The van der Waals surface area contributed by atoms with Gasteiger partial charge < -0.3 is 10.4 Å². The van der Waals surface area contributed by atoms with Crippen LogP contribution in [-0.2, 0) is 9.59 Å². The number of aliphatic carboxylic acids is 1. The molecule has 0 aliphatic carbocycles. The highest BCUT2D eigenvalue weighted by atomic mass is 16.6. The second kappa shape index (κ2) is 10.2. The van der Waals surface area contributed by atoms with Crippen LogP contribution >= 0.6 is 0 Å². The van der Waals surface area contributed by atoms with E-state index in [0.717, 1.165) is 11.1 Å². The monoisotopic (exact) mass is 418 g/mol. The van der Waals surface area contributed by atoms with E-state index in [0.29, 0.717) is 5.56 Å². The van der Waals surface area contributed by atoms with Crippen LogP contribution in [0.1, 0.15) is 41.5 Å². The largest absolute Gasteiger partial charge is 0.481 e. The minimum absolute atomic E-state index is 0.110. The lowest BCUT2D eigenvalue weighted by molar-refractivity contribution is -0.384. The van der Waals surface area contributed by atoms with Crippen molar-refractivity contribution in [1.29, 1.82) is 0 Å². The summed E-state index contributed by atoms with van der Waals surface area (Å²) in [5.41, 5.74) is 2.15. The first-order valence-electron chi connectivity index (χ1n) is 9.79. The summed E-state index contributed by atoms with van der Waals surface area (Å²) in [4.78, 5) is 34.8. The van der Waals surface area contributed by atoms with Gasteiger partial charge in [-0.1, -0.05) is 72.8 Å². The Bertz CT molecular complexity index is 1010. The Balaban J connectivity index is 1.84. The van der Waals surface area contributed by atoms with Crippen LogP contribution in [-0.4, -0.2) is 21.9 Å². The fourth-order valence-corrected chi connectivity index (χ4v) is 3.52. The molecule has 7 nitrogen and oxygen atoms in total. The van der Waals surface area contributed by atoms with Crippen molar-refractivity contribution in [3.8, 4) is 0 Å². The molecule has 0 saturated carbocycles. The van der Waals surface area contributed by atoms with Crippen molar-refractivity contribution in [3.63, 3.8) is 0 Å². The number of nitrogens with one attached hydrogen (secondary N) is 1. The van der Waals surface area contributed by atoms with Crippen LogP contribution in [0, 0.1) is 10.1 Å². The number of amides is 1. The van der Waals surface area contributed by atoms with E-state index in [1.807, 2.05) is 60.7 Å². The number of nitro benzene ring substituents is 1. The molecule has 0 heterocycles. The lowest BCUT2D eigenvalue weighted by Gasteiger charge is -2.21. The number of carbonyl (C=O) groups excluding carboxylic acids is 1. The molecule has 0 saturated heterocycles. The Labute approximate surface area is 179 Å². The van der Waals surface area contributed by atoms with Gasteiger partial charge in [0.05, 0.1) is 17.4 Å². The maximum atomic E-state index is 12.9. The fraction of sp³-hybridized carbons (Fsp3) is 0.167. The van der Waals surface area contributed by atoms with Gasteiger partial charge in [0.1, 0.15) is 0 Å². The molecule has 158 valence electrons. The van der Waals surface area contributed by atoms with Crippen LogP contribution in [0.3, 0.4) is 0 Å². The van der Waals surface area contributed by atoms with Crippen LogP contribution in [0.4, 0.5) is 5.69 Å². The topological polar surface area (TPSA) is 110 Å². The van der Waals surface area contributed by atoms with Gasteiger partial charge >= 0.3 is 5.97 Å². The van der Waals surface area contributed by atoms with Crippen molar-refractivity contribution >= 4 is 17.6 Å². The maximum Gasteiger partial charge on any atom is 0.305 e. The number of nitrogens with zero attached hydrogens (tertiary/aromatic N) is 1. The molecule has 0 aromatic heterocycles. The van der Waals surface area contributed by atoms with E-state index in [4.69, 9.17) is 0 Å². The summed E-state index contributed by atoms with van der Waals surface area (Å²) < 4.78 is 0. The van der Waals surface area contributed by atoms with Crippen molar-refractivity contribution < 1.29 is 19.6 Å². The summed E-state index contributed by atoms with van der Waals surface area (Å²) >= 11 is 0. The summed E-state index contributed by atoms with van der Waals surface area (Å²) in [5, 5.41) is 23.1. The normalized spacial score (nSPS) is 11.6. The summed E-state index contributed by atoms with van der Waals surface area (Å²) in [6, 6.07) is 24.0. The first-order chi connectivity index (χ1) is 14.9. The Morgan fingerprint density at radius 3 is 1.90 bits per heavy atom. The first kappa shape index (κ1) is 21.7. The number of rotatable bonds is 9. The number of hydrogen-bond acceptors (Lipinski definition) is 4. The molecule has 3 rings (SSSR count). The molecule has 0 spiro atoms. The van der Waals surface area contributed by atoms with Gasteiger partial charge in [-0.2, -0.15) is 0 Å². The van der Waals surface area contributed by atoms with Gasteiger partial charge in [-0.25, -0.2) is 0 Å². The highest BCUT2D eigenvalue weighted by molar-refractivity contribution is 5.79. The first-order valence-corrected chi connectivity index (χ1v) is 9.79. The number of benzene rings is 3. The zero-order valence-electron chi connectivity index (χ0n) is 16.7. The van der Waals surface area contributed by atoms with Gasteiger partial charge in [-0.3, -0.25) is 19.7 Å². The lowest BCUT2D eigenvalue weighted by Crippen LogP contribution is -2.31. The number of hydrogen-bond donors (Lipinski definition) is 2. The number of carbonyl (C=O) groups is 2. The van der Waals surface area contributed by atoms with Crippen LogP contribution in [0.25, 0.3) is 0 Å². The second-order valence-corrected chi connectivity index (χ2v) is 7.15. The lowest BCUT2D eigenvalue weighted by atomic mass is 9.88. The Morgan fingerprint density at radius 2 is 1.39 bits per heavy atom. The van der Waals surface area contributed by atoms with Gasteiger partial charge in [0, 0.05) is 24.5 Å². The van der Waals surface area contributed by atoms with Crippen molar-refractivity contribution in [2.45, 2.75) is 24.8 Å². The van der Waals surface area contributed by atoms with E-state index < -0.39 is 16.9 Å². The van der Waals surface area contributed by atoms with E-state index in [1.54, 1.807) is 6.07 Å². The van der Waals surface area contributed by atoms with Gasteiger partial charge in [0.2, 0.25) is 5.91 Å². The second-order valence-electron chi connectivity index (χ2n) is 7.15. The highest BCUT2D eigenvalue weighted by Gasteiger charge is 2.23. The number of non-ortho nitro benzene ring substituents is 1. The molecule has 7 heteroatoms. The third-order valence-corrected chi connectivity index (χ3v) is 4.99. The Hall–Kier alpha value is -4.00. The molecular formula is C24H22N2O5. The third-order valence-electron chi connectivity index (χ3n) is 4.99. The number of carboxylic acid groups (broad SMARTS) is 1. The van der Waals surface area contributed by atoms with Crippen molar-refractivity contribution in [3.05, 3.63) is 112 Å². The van der Waals surface area contributed by atoms with E-state index in [-0.39, 0.29) is 30.4 Å². The highest BCUT2D eigenvalue weighted by Crippen LogP contribution is 2.29. The van der Waals surface area contributed by atoms with E-state index >= 15 is 0 Å². The molecule has 3 aromatic rings. The smallest absolute Gasteiger partial charge is 0.305 e. The van der Waals surface area contributed by atoms with Gasteiger partial charge in [-0.15, -0.1) is 0 Å². The molecule has 1 atom stereocenters. The molecule has 0 fully saturated rings. The minimum atomic E-state index is -1.11. The number of nitro groups is 1. The summed E-state index contributed by atoms with van der Waals surface area (Å²) in [6.45, 7) is 0. The Morgan fingerprint density at radius 1 is 0.839 bits per heavy atom.